The highest BCUT2D eigenvalue weighted by molar-refractivity contribution is 5.89. The van der Waals surface area contributed by atoms with Crippen molar-refractivity contribution in [2.75, 3.05) is 5.32 Å². The maximum absolute atomic E-state index is 12.3. The van der Waals surface area contributed by atoms with E-state index in [4.69, 9.17) is 9.26 Å². The second kappa shape index (κ2) is 8.61. The van der Waals surface area contributed by atoms with Crippen LogP contribution in [-0.4, -0.2) is 17.2 Å². The summed E-state index contributed by atoms with van der Waals surface area (Å²) in [5.74, 6) is 1.94. The Labute approximate surface area is 176 Å². The standard InChI is InChI=1S/C24H27N3O3/c1-24(2)17(14-22(24)26-23(28)25-18-9-5-3-6-10-18)13-19-15-21(30-27-19)16-29-20-11-7-4-8-12-20/h3-12,15,17,22H,13-14,16H2,1-2H3,(H2,25,26,28). The molecule has 1 heterocycles. The average Bonchev–Trinajstić information content (AvgIpc) is 3.20. The Hall–Kier alpha value is -3.28. The van der Waals surface area contributed by atoms with Crippen molar-refractivity contribution in [3.05, 3.63) is 78.2 Å². The van der Waals surface area contributed by atoms with Gasteiger partial charge in [0, 0.05) is 17.8 Å². The van der Waals surface area contributed by atoms with E-state index >= 15 is 0 Å². The zero-order chi connectivity index (χ0) is 21.0. The van der Waals surface area contributed by atoms with Crippen LogP contribution in [-0.2, 0) is 13.0 Å². The lowest BCUT2D eigenvalue weighted by Gasteiger charge is -2.52. The number of anilines is 1. The number of nitrogens with zero attached hydrogens (tertiary/aromatic N) is 1. The topological polar surface area (TPSA) is 76.4 Å². The normalized spacial score (nSPS) is 19.5. The van der Waals surface area contributed by atoms with Crippen molar-refractivity contribution in [3.63, 3.8) is 0 Å². The van der Waals surface area contributed by atoms with Crippen LogP contribution in [0.15, 0.2) is 71.3 Å². The molecular weight excluding hydrogens is 378 g/mol. The van der Waals surface area contributed by atoms with Crippen molar-refractivity contribution in [2.45, 2.75) is 39.3 Å². The molecule has 156 valence electrons. The van der Waals surface area contributed by atoms with Crippen molar-refractivity contribution in [1.29, 1.82) is 0 Å². The monoisotopic (exact) mass is 405 g/mol. The molecule has 2 N–H and O–H groups in total. The number of rotatable bonds is 7. The Morgan fingerprint density at radius 2 is 1.83 bits per heavy atom. The van der Waals surface area contributed by atoms with E-state index in [1.165, 1.54) is 0 Å². The molecule has 1 fully saturated rings. The molecule has 0 saturated heterocycles. The van der Waals surface area contributed by atoms with Crippen molar-refractivity contribution in [1.82, 2.24) is 10.5 Å². The Morgan fingerprint density at radius 1 is 1.13 bits per heavy atom. The number of hydrogen-bond acceptors (Lipinski definition) is 4. The fraction of sp³-hybridized carbons (Fsp3) is 0.333. The predicted molar refractivity (Wildman–Crippen MR) is 115 cm³/mol. The average molecular weight is 405 g/mol. The first-order valence-corrected chi connectivity index (χ1v) is 10.3. The largest absolute Gasteiger partial charge is 0.486 e. The number of carbonyl (C=O) groups is 1. The molecule has 0 aliphatic heterocycles. The number of para-hydroxylation sites is 2. The number of benzene rings is 2. The lowest BCUT2D eigenvalue weighted by Crippen LogP contribution is -2.59. The van der Waals surface area contributed by atoms with E-state index in [1.54, 1.807) is 0 Å². The van der Waals surface area contributed by atoms with Gasteiger partial charge in [0.1, 0.15) is 12.4 Å². The molecule has 1 saturated carbocycles. The van der Waals surface area contributed by atoms with Gasteiger partial charge in [0.15, 0.2) is 5.76 Å². The summed E-state index contributed by atoms with van der Waals surface area (Å²) < 4.78 is 11.1. The molecule has 6 heteroatoms. The fourth-order valence-electron chi connectivity index (χ4n) is 3.90. The number of carbonyl (C=O) groups excluding carboxylic acids is 1. The maximum atomic E-state index is 12.3. The van der Waals surface area contributed by atoms with Crippen LogP contribution in [0, 0.1) is 11.3 Å². The molecule has 0 spiro atoms. The van der Waals surface area contributed by atoms with E-state index in [-0.39, 0.29) is 17.5 Å². The lowest BCUT2D eigenvalue weighted by atomic mass is 9.57. The van der Waals surface area contributed by atoms with Crippen LogP contribution in [0.1, 0.15) is 31.7 Å². The third-order valence-electron chi connectivity index (χ3n) is 6.00. The zero-order valence-corrected chi connectivity index (χ0v) is 17.3. The van der Waals surface area contributed by atoms with E-state index < -0.39 is 0 Å². The molecule has 2 amide bonds. The lowest BCUT2D eigenvalue weighted by molar-refractivity contribution is 0.0211. The van der Waals surface area contributed by atoms with Crippen molar-refractivity contribution in [3.8, 4) is 5.75 Å². The van der Waals surface area contributed by atoms with Gasteiger partial charge in [-0.05, 0) is 48.4 Å². The maximum Gasteiger partial charge on any atom is 0.319 e. The van der Waals surface area contributed by atoms with E-state index in [2.05, 4.69) is 29.6 Å². The molecule has 1 aliphatic carbocycles. The second-order valence-corrected chi connectivity index (χ2v) is 8.36. The molecule has 1 aliphatic rings. The molecule has 2 unspecified atom stereocenters. The molecule has 6 nitrogen and oxygen atoms in total. The number of hydrogen-bond donors (Lipinski definition) is 2. The quantitative estimate of drug-likeness (QED) is 0.578. The molecule has 30 heavy (non-hydrogen) atoms. The van der Waals surface area contributed by atoms with E-state index in [0.717, 1.165) is 30.0 Å². The van der Waals surface area contributed by atoms with Crippen LogP contribution < -0.4 is 15.4 Å². The van der Waals surface area contributed by atoms with Gasteiger partial charge >= 0.3 is 6.03 Å². The Balaban J connectivity index is 1.26. The summed E-state index contributed by atoms with van der Waals surface area (Å²) >= 11 is 0. The molecule has 0 bridgehead atoms. The van der Waals surface area contributed by atoms with Gasteiger partial charge in [0.25, 0.3) is 0 Å². The highest BCUT2D eigenvalue weighted by atomic mass is 16.5. The van der Waals surface area contributed by atoms with Crippen molar-refractivity contribution >= 4 is 11.7 Å². The smallest absolute Gasteiger partial charge is 0.319 e. The van der Waals surface area contributed by atoms with E-state index in [1.807, 2.05) is 66.7 Å². The van der Waals surface area contributed by atoms with Crippen LogP contribution in [0.2, 0.25) is 0 Å². The van der Waals surface area contributed by atoms with Gasteiger partial charge < -0.3 is 19.9 Å². The summed E-state index contributed by atoms with van der Waals surface area (Å²) in [4.78, 5) is 12.3. The predicted octanol–water partition coefficient (Wildman–Crippen LogP) is 5.03. The Bertz CT molecular complexity index is 970. The van der Waals surface area contributed by atoms with Crippen molar-refractivity contribution < 1.29 is 14.1 Å². The van der Waals surface area contributed by atoms with Crippen LogP contribution in [0.25, 0.3) is 0 Å². The Morgan fingerprint density at radius 3 is 2.53 bits per heavy atom. The molecule has 0 radical (unpaired) electrons. The summed E-state index contributed by atoms with van der Waals surface area (Å²) in [6, 6.07) is 21.0. The number of nitrogens with one attached hydrogen (secondary N) is 2. The molecule has 3 aromatic rings. The van der Waals surface area contributed by atoms with E-state index in [9.17, 15) is 4.79 Å². The van der Waals surface area contributed by atoms with Gasteiger partial charge in [0.05, 0.1) is 5.69 Å². The van der Waals surface area contributed by atoms with Gasteiger partial charge in [-0.2, -0.15) is 0 Å². The third-order valence-corrected chi connectivity index (χ3v) is 6.00. The fourth-order valence-corrected chi connectivity index (χ4v) is 3.90. The molecule has 4 rings (SSSR count). The molecule has 2 atom stereocenters. The highest BCUT2D eigenvalue weighted by Crippen LogP contribution is 2.47. The molecule has 2 aromatic carbocycles. The highest BCUT2D eigenvalue weighted by Gasteiger charge is 2.48. The van der Waals surface area contributed by atoms with Crippen LogP contribution in [0.4, 0.5) is 10.5 Å². The first-order chi connectivity index (χ1) is 14.5. The zero-order valence-electron chi connectivity index (χ0n) is 17.3. The van der Waals surface area contributed by atoms with Crippen LogP contribution in [0.3, 0.4) is 0 Å². The molecule has 1 aromatic heterocycles. The Kier molecular flexibility index (Phi) is 5.74. The van der Waals surface area contributed by atoms with Gasteiger partial charge in [0.2, 0.25) is 0 Å². The SMILES string of the molecule is CC1(C)C(Cc2cc(COc3ccccc3)on2)CC1NC(=O)Nc1ccccc1. The summed E-state index contributed by atoms with van der Waals surface area (Å²) in [5, 5.41) is 10.2. The summed E-state index contributed by atoms with van der Waals surface area (Å²) in [5.41, 5.74) is 1.69. The van der Waals surface area contributed by atoms with Gasteiger partial charge in [-0.3, -0.25) is 0 Å². The first-order valence-electron chi connectivity index (χ1n) is 10.3. The number of aromatic nitrogens is 1. The molecular formula is C24H27N3O3. The second-order valence-electron chi connectivity index (χ2n) is 8.36. The summed E-state index contributed by atoms with van der Waals surface area (Å²) in [6.07, 6.45) is 1.73. The van der Waals surface area contributed by atoms with Gasteiger partial charge in [-0.1, -0.05) is 55.4 Å². The van der Waals surface area contributed by atoms with Crippen molar-refractivity contribution in [2.24, 2.45) is 11.3 Å². The van der Waals surface area contributed by atoms with Gasteiger partial charge in [-0.25, -0.2) is 4.79 Å². The minimum atomic E-state index is -0.167. The number of ether oxygens (including phenoxy) is 1. The van der Waals surface area contributed by atoms with Gasteiger partial charge in [-0.15, -0.1) is 0 Å². The number of amides is 2. The van der Waals surface area contributed by atoms with Crippen LogP contribution >= 0.6 is 0 Å². The third kappa shape index (κ3) is 4.64. The minimum absolute atomic E-state index is 0.0202. The summed E-state index contributed by atoms with van der Waals surface area (Å²) in [6.45, 7) is 4.73. The number of urea groups is 1. The van der Waals surface area contributed by atoms with E-state index in [0.29, 0.717) is 18.3 Å². The summed E-state index contributed by atoms with van der Waals surface area (Å²) in [7, 11) is 0. The first kappa shape index (κ1) is 20.0. The van der Waals surface area contributed by atoms with Crippen LogP contribution in [0.5, 0.6) is 5.75 Å². The minimum Gasteiger partial charge on any atom is -0.486 e.